The van der Waals surface area contributed by atoms with Crippen molar-refractivity contribution in [1.82, 2.24) is 0 Å². The van der Waals surface area contributed by atoms with Gasteiger partial charge < -0.3 is 25.1 Å². The van der Waals surface area contributed by atoms with Crippen molar-refractivity contribution in [2.45, 2.75) is 31.5 Å². The minimum absolute atomic E-state index is 0.175. The summed E-state index contributed by atoms with van der Waals surface area (Å²) < 4.78 is 16.5. The number of anilines is 1. The molecule has 5 nitrogen and oxygen atoms in total. The molecule has 112 valence electrons. The van der Waals surface area contributed by atoms with Crippen LogP contribution in [-0.4, -0.2) is 43.7 Å². The molecule has 0 aliphatic carbocycles. The molecule has 0 amide bonds. The highest BCUT2D eigenvalue weighted by Gasteiger charge is 2.14. The molecule has 2 unspecified atom stereocenters. The van der Waals surface area contributed by atoms with Crippen LogP contribution in [0.15, 0.2) is 24.3 Å². The second kappa shape index (κ2) is 8.09. The third kappa shape index (κ3) is 5.36. The van der Waals surface area contributed by atoms with Gasteiger partial charge in [-0.25, -0.2) is 0 Å². The van der Waals surface area contributed by atoms with Crippen LogP contribution in [-0.2, 0) is 9.47 Å². The molecule has 0 spiro atoms. The van der Waals surface area contributed by atoms with Crippen LogP contribution >= 0.6 is 0 Å². The first kappa shape index (κ1) is 15.1. The Bertz CT molecular complexity index is 376. The molecule has 1 aliphatic heterocycles. The molecule has 1 saturated heterocycles. The molecule has 0 bridgehead atoms. The smallest absolute Gasteiger partial charge is 0.119 e. The molecule has 1 aromatic rings. The summed E-state index contributed by atoms with van der Waals surface area (Å²) in [7, 11) is 0. The van der Waals surface area contributed by atoms with Crippen molar-refractivity contribution in [1.29, 1.82) is 0 Å². The molecule has 20 heavy (non-hydrogen) atoms. The molecule has 0 aromatic heterocycles. The van der Waals surface area contributed by atoms with Crippen molar-refractivity contribution in [3.63, 3.8) is 0 Å². The summed E-state index contributed by atoms with van der Waals surface area (Å²) in [5.74, 6) is 0.689. The number of aliphatic hydroxyl groups excluding tert-OH is 1. The van der Waals surface area contributed by atoms with Gasteiger partial charge in [-0.05, 0) is 43.5 Å². The summed E-state index contributed by atoms with van der Waals surface area (Å²) in [6, 6.07) is 7.08. The second-order valence-electron chi connectivity index (χ2n) is 5.06. The predicted molar refractivity (Wildman–Crippen MR) is 76.8 cm³/mol. The Morgan fingerprint density at radius 3 is 2.75 bits per heavy atom. The van der Waals surface area contributed by atoms with Crippen molar-refractivity contribution in [2.75, 3.05) is 32.2 Å². The lowest BCUT2D eigenvalue weighted by Crippen LogP contribution is -2.29. The maximum Gasteiger partial charge on any atom is 0.119 e. The summed E-state index contributed by atoms with van der Waals surface area (Å²) in [4.78, 5) is 0. The van der Waals surface area contributed by atoms with Gasteiger partial charge in [0.05, 0.1) is 19.3 Å². The van der Waals surface area contributed by atoms with E-state index in [1.54, 1.807) is 24.3 Å². The van der Waals surface area contributed by atoms with Crippen LogP contribution in [0.4, 0.5) is 5.69 Å². The zero-order valence-corrected chi connectivity index (χ0v) is 11.7. The first-order valence-corrected chi connectivity index (χ1v) is 7.10. The lowest BCUT2D eigenvalue weighted by atomic mass is 10.1. The minimum atomic E-state index is -0.642. The van der Waals surface area contributed by atoms with Crippen molar-refractivity contribution in [3.8, 4) is 5.75 Å². The maximum absolute atomic E-state index is 9.78. The molecular weight excluding hydrogens is 258 g/mol. The number of rotatable bonds is 7. The summed E-state index contributed by atoms with van der Waals surface area (Å²) in [5.41, 5.74) is 6.27. The van der Waals surface area contributed by atoms with Gasteiger partial charge in [0, 0.05) is 12.3 Å². The van der Waals surface area contributed by atoms with E-state index in [0.717, 1.165) is 19.4 Å². The molecule has 0 radical (unpaired) electrons. The SMILES string of the molecule is Nc1ccc(OCC(O)COCC2CCCCO2)cc1. The van der Waals surface area contributed by atoms with Crippen LogP contribution < -0.4 is 10.5 Å². The highest BCUT2D eigenvalue weighted by atomic mass is 16.5. The van der Waals surface area contributed by atoms with E-state index in [-0.39, 0.29) is 19.3 Å². The van der Waals surface area contributed by atoms with Gasteiger partial charge in [0.15, 0.2) is 0 Å². The summed E-state index contributed by atoms with van der Waals surface area (Å²) >= 11 is 0. The number of ether oxygens (including phenoxy) is 3. The van der Waals surface area contributed by atoms with Crippen molar-refractivity contribution in [2.24, 2.45) is 0 Å². The normalized spacial score (nSPS) is 20.6. The van der Waals surface area contributed by atoms with E-state index in [9.17, 15) is 5.11 Å². The Labute approximate surface area is 119 Å². The largest absolute Gasteiger partial charge is 0.491 e. The third-order valence-electron chi connectivity index (χ3n) is 3.21. The van der Waals surface area contributed by atoms with Crippen LogP contribution in [0.2, 0.25) is 0 Å². The van der Waals surface area contributed by atoms with Gasteiger partial charge in [-0.2, -0.15) is 0 Å². The Kier molecular flexibility index (Phi) is 6.11. The standard InChI is InChI=1S/C15H23NO4/c16-12-4-6-14(7-5-12)20-10-13(17)9-18-11-15-3-1-2-8-19-15/h4-7,13,15,17H,1-3,8-11,16H2. The van der Waals surface area contributed by atoms with E-state index < -0.39 is 6.10 Å². The predicted octanol–water partition coefficient (Wildman–Crippen LogP) is 1.59. The molecule has 2 atom stereocenters. The van der Waals surface area contributed by atoms with Gasteiger partial charge in [0.2, 0.25) is 0 Å². The zero-order chi connectivity index (χ0) is 14.2. The highest BCUT2D eigenvalue weighted by Crippen LogP contribution is 2.14. The monoisotopic (exact) mass is 281 g/mol. The average Bonchev–Trinajstić information content (AvgIpc) is 2.48. The average molecular weight is 281 g/mol. The molecule has 1 heterocycles. The van der Waals surface area contributed by atoms with Crippen LogP contribution in [0.25, 0.3) is 0 Å². The van der Waals surface area contributed by atoms with E-state index in [2.05, 4.69) is 0 Å². The fourth-order valence-electron chi connectivity index (χ4n) is 2.08. The topological polar surface area (TPSA) is 73.9 Å². The number of aliphatic hydroxyl groups is 1. The lowest BCUT2D eigenvalue weighted by molar-refractivity contribution is -0.0618. The Morgan fingerprint density at radius 2 is 2.05 bits per heavy atom. The number of hydrogen-bond donors (Lipinski definition) is 2. The third-order valence-corrected chi connectivity index (χ3v) is 3.21. The Hall–Kier alpha value is -1.30. The number of hydrogen-bond acceptors (Lipinski definition) is 5. The van der Waals surface area contributed by atoms with Gasteiger partial charge in [-0.1, -0.05) is 0 Å². The lowest BCUT2D eigenvalue weighted by Gasteiger charge is -2.23. The quantitative estimate of drug-likeness (QED) is 0.743. The van der Waals surface area contributed by atoms with Gasteiger partial charge in [-0.15, -0.1) is 0 Å². The maximum atomic E-state index is 9.78. The molecule has 1 aromatic carbocycles. The molecule has 0 saturated carbocycles. The number of benzene rings is 1. The van der Waals surface area contributed by atoms with Gasteiger partial charge in [0.25, 0.3) is 0 Å². The van der Waals surface area contributed by atoms with E-state index in [1.165, 1.54) is 6.42 Å². The van der Waals surface area contributed by atoms with Crippen LogP contribution in [0.3, 0.4) is 0 Å². The van der Waals surface area contributed by atoms with E-state index in [0.29, 0.717) is 18.0 Å². The number of nitrogen functional groups attached to an aromatic ring is 1. The zero-order valence-electron chi connectivity index (χ0n) is 11.7. The van der Waals surface area contributed by atoms with E-state index in [4.69, 9.17) is 19.9 Å². The van der Waals surface area contributed by atoms with Crippen molar-refractivity contribution >= 4 is 5.69 Å². The van der Waals surface area contributed by atoms with Crippen LogP contribution in [0.1, 0.15) is 19.3 Å². The van der Waals surface area contributed by atoms with Crippen molar-refractivity contribution < 1.29 is 19.3 Å². The van der Waals surface area contributed by atoms with E-state index in [1.807, 2.05) is 0 Å². The molecule has 2 rings (SSSR count). The molecule has 5 heteroatoms. The highest BCUT2D eigenvalue weighted by molar-refractivity contribution is 5.41. The van der Waals surface area contributed by atoms with Crippen molar-refractivity contribution in [3.05, 3.63) is 24.3 Å². The fourth-order valence-corrected chi connectivity index (χ4v) is 2.08. The Balaban J connectivity index is 1.57. The first-order chi connectivity index (χ1) is 9.74. The molecule has 1 aliphatic rings. The van der Waals surface area contributed by atoms with Gasteiger partial charge in [0.1, 0.15) is 18.5 Å². The Morgan fingerprint density at radius 1 is 1.25 bits per heavy atom. The van der Waals surface area contributed by atoms with Gasteiger partial charge >= 0.3 is 0 Å². The summed E-state index contributed by atoms with van der Waals surface area (Å²) in [6.07, 6.45) is 2.90. The minimum Gasteiger partial charge on any atom is -0.491 e. The molecule has 1 fully saturated rings. The van der Waals surface area contributed by atoms with Crippen LogP contribution in [0.5, 0.6) is 5.75 Å². The van der Waals surface area contributed by atoms with E-state index >= 15 is 0 Å². The van der Waals surface area contributed by atoms with Gasteiger partial charge in [-0.3, -0.25) is 0 Å². The van der Waals surface area contributed by atoms with Crippen LogP contribution in [0, 0.1) is 0 Å². The second-order valence-corrected chi connectivity index (χ2v) is 5.06. The summed E-state index contributed by atoms with van der Waals surface area (Å²) in [6.45, 7) is 1.82. The molecular formula is C15H23NO4. The first-order valence-electron chi connectivity index (χ1n) is 7.10. The molecule has 3 N–H and O–H groups in total. The number of nitrogens with two attached hydrogens (primary N) is 1. The fraction of sp³-hybridized carbons (Fsp3) is 0.600. The summed E-state index contributed by atoms with van der Waals surface area (Å²) in [5, 5.41) is 9.78.